The normalized spacial score (nSPS) is 30.4. The van der Waals surface area contributed by atoms with Gasteiger partial charge in [-0.25, -0.2) is 4.79 Å². The van der Waals surface area contributed by atoms with Crippen molar-refractivity contribution in [1.82, 2.24) is 4.90 Å². The Labute approximate surface area is 121 Å². The van der Waals surface area contributed by atoms with Crippen molar-refractivity contribution in [2.45, 2.75) is 77.4 Å². The monoisotopic (exact) mass is 285 g/mol. The van der Waals surface area contributed by atoms with Gasteiger partial charge in [0, 0.05) is 6.61 Å². The Morgan fingerprint density at radius 1 is 1.30 bits per heavy atom. The van der Waals surface area contributed by atoms with Gasteiger partial charge in [-0.15, -0.1) is 0 Å². The minimum Gasteiger partial charge on any atom is -0.444 e. The summed E-state index contributed by atoms with van der Waals surface area (Å²) in [5.74, 6) is 0. The van der Waals surface area contributed by atoms with Gasteiger partial charge in [-0.1, -0.05) is 0 Å². The quantitative estimate of drug-likeness (QED) is 0.743. The molecule has 2 rings (SSSR count). The summed E-state index contributed by atoms with van der Waals surface area (Å²) in [4.78, 5) is 14.2. The number of nitrogens with zero attached hydrogens (tertiary/aromatic N) is 1. The zero-order chi connectivity index (χ0) is 15.0. The largest absolute Gasteiger partial charge is 0.444 e. The summed E-state index contributed by atoms with van der Waals surface area (Å²) in [6, 6.07) is -0.0554. The number of hydrogen-bond donors (Lipinski definition) is 0. The van der Waals surface area contributed by atoms with E-state index in [9.17, 15) is 4.79 Å². The highest BCUT2D eigenvalue weighted by molar-refractivity contribution is 5.69. The molecule has 5 nitrogen and oxygen atoms in total. The molecule has 20 heavy (non-hydrogen) atoms. The second-order valence-electron chi connectivity index (χ2n) is 7.08. The maximum atomic E-state index is 12.5. The van der Waals surface area contributed by atoms with Crippen molar-refractivity contribution < 1.29 is 19.0 Å². The smallest absolute Gasteiger partial charge is 0.412 e. The van der Waals surface area contributed by atoms with E-state index in [4.69, 9.17) is 14.2 Å². The fourth-order valence-electron chi connectivity index (χ4n) is 2.84. The molecule has 0 aromatic heterocycles. The fourth-order valence-corrected chi connectivity index (χ4v) is 2.84. The van der Waals surface area contributed by atoms with Crippen LogP contribution in [0.1, 0.15) is 53.9 Å². The number of amides is 1. The zero-order valence-corrected chi connectivity index (χ0v) is 13.3. The molecule has 0 bridgehead atoms. The van der Waals surface area contributed by atoms with Crippen LogP contribution in [0.25, 0.3) is 0 Å². The molecule has 2 aliphatic heterocycles. The summed E-state index contributed by atoms with van der Waals surface area (Å²) >= 11 is 0. The van der Waals surface area contributed by atoms with Crippen LogP contribution in [0.5, 0.6) is 0 Å². The third-order valence-electron chi connectivity index (χ3n) is 3.75. The highest BCUT2D eigenvalue weighted by Crippen LogP contribution is 2.33. The highest BCUT2D eigenvalue weighted by atomic mass is 16.6. The van der Waals surface area contributed by atoms with Crippen molar-refractivity contribution in [3.63, 3.8) is 0 Å². The van der Waals surface area contributed by atoms with Crippen molar-refractivity contribution in [3.8, 4) is 0 Å². The van der Waals surface area contributed by atoms with E-state index >= 15 is 0 Å². The topological polar surface area (TPSA) is 48.0 Å². The van der Waals surface area contributed by atoms with E-state index in [-0.39, 0.29) is 18.2 Å². The lowest BCUT2D eigenvalue weighted by Gasteiger charge is -2.38. The van der Waals surface area contributed by atoms with Crippen LogP contribution in [0.3, 0.4) is 0 Å². The van der Waals surface area contributed by atoms with E-state index in [2.05, 4.69) is 0 Å². The molecule has 2 aliphatic rings. The molecular formula is C15H27NO4. The van der Waals surface area contributed by atoms with Crippen molar-refractivity contribution >= 4 is 6.09 Å². The van der Waals surface area contributed by atoms with Gasteiger partial charge < -0.3 is 14.2 Å². The summed E-state index contributed by atoms with van der Waals surface area (Å²) in [7, 11) is 0. The van der Waals surface area contributed by atoms with Gasteiger partial charge in [-0.05, 0) is 53.9 Å². The van der Waals surface area contributed by atoms with Crippen LogP contribution in [0.15, 0.2) is 0 Å². The van der Waals surface area contributed by atoms with Crippen LogP contribution >= 0.6 is 0 Å². The van der Waals surface area contributed by atoms with E-state index in [0.29, 0.717) is 6.61 Å². The minimum atomic E-state index is -0.645. The van der Waals surface area contributed by atoms with Gasteiger partial charge >= 0.3 is 6.09 Å². The molecule has 0 aliphatic carbocycles. The molecule has 0 saturated carbocycles. The second-order valence-corrected chi connectivity index (χ2v) is 7.08. The molecule has 5 heteroatoms. The molecule has 116 valence electrons. The predicted octanol–water partition coefficient (Wildman–Crippen LogP) is 2.93. The van der Waals surface area contributed by atoms with Gasteiger partial charge in [0.25, 0.3) is 0 Å². The predicted molar refractivity (Wildman–Crippen MR) is 75.5 cm³/mol. The third kappa shape index (κ3) is 3.44. The molecule has 1 amide bonds. The summed E-state index contributed by atoms with van der Waals surface area (Å²) in [6.07, 6.45) is 2.95. The van der Waals surface area contributed by atoms with Crippen LogP contribution in [-0.2, 0) is 14.2 Å². The first-order valence-corrected chi connectivity index (χ1v) is 7.48. The maximum absolute atomic E-state index is 12.5. The Morgan fingerprint density at radius 3 is 2.55 bits per heavy atom. The van der Waals surface area contributed by atoms with Crippen molar-refractivity contribution in [2.24, 2.45) is 0 Å². The van der Waals surface area contributed by atoms with Crippen molar-refractivity contribution in [1.29, 1.82) is 0 Å². The van der Waals surface area contributed by atoms with E-state index < -0.39 is 11.3 Å². The number of hydrogen-bond acceptors (Lipinski definition) is 4. The first kappa shape index (κ1) is 15.6. The lowest BCUT2D eigenvalue weighted by atomic mass is 10.0. The van der Waals surface area contributed by atoms with Crippen molar-refractivity contribution in [2.75, 3.05) is 13.2 Å². The van der Waals surface area contributed by atoms with Gasteiger partial charge in [0.05, 0.1) is 18.8 Å². The van der Waals surface area contributed by atoms with E-state index in [1.54, 1.807) is 4.90 Å². The standard InChI is InChI=1S/C15H27NO4/c1-14(2,3)20-13(17)16-11(10-19-15(16,4)5)12-8-6-7-9-18-12/h11-12H,6-10H2,1-5H3/t11-,12?/m0/s1. The Morgan fingerprint density at radius 2 is 2.00 bits per heavy atom. The van der Waals surface area contributed by atoms with E-state index in [1.807, 2.05) is 34.6 Å². The first-order chi connectivity index (χ1) is 9.21. The molecule has 0 radical (unpaired) electrons. The van der Waals surface area contributed by atoms with E-state index in [0.717, 1.165) is 25.9 Å². The Kier molecular flexibility index (Phi) is 4.30. The molecule has 2 atom stereocenters. The van der Waals surface area contributed by atoms with Gasteiger partial charge in [0.2, 0.25) is 0 Å². The molecule has 1 unspecified atom stereocenters. The number of rotatable bonds is 1. The molecule has 2 fully saturated rings. The summed E-state index contributed by atoms with van der Waals surface area (Å²) in [6.45, 7) is 10.7. The Bertz CT molecular complexity index is 355. The third-order valence-corrected chi connectivity index (χ3v) is 3.75. The molecule has 0 aromatic rings. The minimum absolute atomic E-state index is 0.0537. The lowest BCUT2D eigenvalue weighted by molar-refractivity contribution is -0.0773. The molecular weight excluding hydrogens is 258 g/mol. The number of carbonyl (C=O) groups excluding carboxylic acids is 1. The maximum Gasteiger partial charge on any atom is 0.412 e. The van der Waals surface area contributed by atoms with Crippen LogP contribution in [0.2, 0.25) is 0 Å². The van der Waals surface area contributed by atoms with Gasteiger partial charge in [-0.2, -0.15) is 0 Å². The van der Waals surface area contributed by atoms with Crippen molar-refractivity contribution in [3.05, 3.63) is 0 Å². The summed E-state index contributed by atoms with van der Waals surface area (Å²) in [5.41, 5.74) is -1.15. The van der Waals surface area contributed by atoms with E-state index in [1.165, 1.54) is 0 Å². The number of ether oxygens (including phenoxy) is 3. The number of carbonyl (C=O) groups is 1. The summed E-state index contributed by atoms with van der Waals surface area (Å²) < 4.78 is 17.2. The Hall–Kier alpha value is -0.810. The molecule has 0 aromatic carbocycles. The fraction of sp³-hybridized carbons (Fsp3) is 0.933. The molecule has 0 N–H and O–H groups in total. The molecule has 2 heterocycles. The molecule has 0 spiro atoms. The van der Waals surface area contributed by atoms with Crippen LogP contribution in [0.4, 0.5) is 4.79 Å². The second kappa shape index (κ2) is 5.53. The Balaban J connectivity index is 2.13. The van der Waals surface area contributed by atoms with Gasteiger partial charge in [0.1, 0.15) is 11.3 Å². The molecule has 2 saturated heterocycles. The van der Waals surface area contributed by atoms with Crippen LogP contribution in [-0.4, -0.2) is 47.7 Å². The summed E-state index contributed by atoms with van der Waals surface area (Å²) in [5, 5.41) is 0. The van der Waals surface area contributed by atoms with Gasteiger partial charge in [-0.3, -0.25) is 4.90 Å². The van der Waals surface area contributed by atoms with Crippen LogP contribution in [0, 0.1) is 0 Å². The zero-order valence-electron chi connectivity index (χ0n) is 13.3. The van der Waals surface area contributed by atoms with Gasteiger partial charge in [0.15, 0.2) is 0 Å². The average Bonchev–Trinajstić information content (AvgIpc) is 2.64. The SMILES string of the molecule is CC(C)(C)OC(=O)N1[C@H](C2CCCCO2)COC1(C)C. The average molecular weight is 285 g/mol. The first-order valence-electron chi connectivity index (χ1n) is 7.48. The highest BCUT2D eigenvalue weighted by Gasteiger charge is 2.49. The lowest BCUT2D eigenvalue weighted by Crippen LogP contribution is -2.54. The van der Waals surface area contributed by atoms with Crippen LogP contribution < -0.4 is 0 Å².